The molecule has 4 rings (SSSR count). The molecular formula is C19H20N6O3. The quantitative estimate of drug-likeness (QED) is 0.487. The summed E-state index contributed by atoms with van der Waals surface area (Å²) in [5.74, 6) is -1.07. The predicted octanol–water partition coefficient (Wildman–Crippen LogP) is 2.93. The Bertz CT molecular complexity index is 1050. The lowest BCUT2D eigenvalue weighted by Gasteiger charge is -2.22. The van der Waals surface area contributed by atoms with E-state index in [1.807, 2.05) is 45.0 Å². The van der Waals surface area contributed by atoms with Crippen molar-refractivity contribution in [3.8, 4) is 11.4 Å². The molecule has 144 valence electrons. The lowest BCUT2D eigenvalue weighted by Crippen LogP contribution is -2.15. The van der Waals surface area contributed by atoms with Gasteiger partial charge in [-0.3, -0.25) is 0 Å². The van der Waals surface area contributed by atoms with Gasteiger partial charge in [-0.15, -0.1) is 15.0 Å². The molecule has 0 saturated heterocycles. The number of phenolic OH excluding ortho intramolecular Hbond substituents is 1. The van der Waals surface area contributed by atoms with E-state index in [-0.39, 0.29) is 17.0 Å². The summed E-state index contributed by atoms with van der Waals surface area (Å²) in [7, 11) is 0. The Morgan fingerprint density at radius 2 is 1.61 bits per heavy atom. The van der Waals surface area contributed by atoms with Gasteiger partial charge in [0.05, 0.1) is 18.0 Å². The van der Waals surface area contributed by atoms with E-state index in [9.17, 15) is 15.0 Å². The van der Waals surface area contributed by atoms with E-state index < -0.39 is 11.4 Å². The SMILES string of the molecule is CC(C)(C)c1cc(C(=O)O)cc(-n2nc3ccccc3n2)c1O.c1cn[nH]n1. The maximum absolute atomic E-state index is 11.4. The number of hydrogen-bond donors (Lipinski definition) is 3. The number of nitrogens with one attached hydrogen (secondary N) is 1. The van der Waals surface area contributed by atoms with Crippen molar-refractivity contribution >= 4 is 17.0 Å². The summed E-state index contributed by atoms with van der Waals surface area (Å²) in [5, 5.41) is 37.9. The fourth-order valence-electron chi connectivity index (χ4n) is 2.60. The molecule has 0 spiro atoms. The minimum Gasteiger partial charge on any atom is -0.505 e. The average molecular weight is 380 g/mol. The van der Waals surface area contributed by atoms with E-state index in [0.717, 1.165) is 0 Å². The number of carboxylic acid groups (broad SMARTS) is 1. The Hall–Kier alpha value is -3.75. The fraction of sp³-hybridized carbons (Fsp3) is 0.211. The summed E-state index contributed by atoms with van der Waals surface area (Å²) >= 11 is 0. The van der Waals surface area contributed by atoms with Crippen molar-refractivity contribution in [1.29, 1.82) is 0 Å². The highest BCUT2D eigenvalue weighted by molar-refractivity contribution is 5.89. The summed E-state index contributed by atoms with van der Waals surface area (Å²) in [6.45, 7) is 5.72. The number of H-pyrrole nitrogens is 1. The monoisotopic (exact) mass is 380 g/mol. The zero-order chi connectivity index (χ0) is 20.3. The minimum atomic E-state index is -1.06. The first-order chi connectivity index (χ1) is 13.3. The van der Waals surface area contributed by atoms with Crippen LogP contribution in [-0.2, 0) is 5.41 Å². The fourth-order valence-corrected chi connectivity index (χ4v) is 2.60. The van der Waals surface area contributed by atoms with Crippen molar-refractivity contribution in [2.45, 2.75) is 26.2 Å². The number of aromatic hydroxyl groups is 1. The van der Waals surface area contributed by atoms with Crippen LogP contribution in [0.25, 0.3) is 16.7 Å². The summed E-state index contributed by atoms with van der Waals surface area (Å²) in [6, 6.07) is 10.2. The Morgan fingerprint density at radius 3 is 2.04 bits per heavy atom. The number of nitrogens with zero attached hydrogens (tertiary/aromatic N) is 5. The number of hydrogen-bond acceptors (Lipinski definition) is 6. The number of rotatable bonds is 2. The maximum Gasteiger partial charge on any atom is 0.335 e. The molecule has 2 aromatic carbocycles. The summed E-state index contributed by atoms with van der Waals surface area (Å²) in [6.07, 6.45) is 3.17. The minimum absolute atomic E-state index is 0.0113. The zero-order valence-electron chi connectivity index (χ0n) is 15.7. The van der Waals surface area contributed by atoms with Gasteiger partial charge in [0, 0.05) is 5.56 Å². The van der Waals surface area contributed by atoms with Crippen LogP contribution < -0.4 is 0 Å². The average Bonchev–Trinajstić information content (AvgIpc) is 3.33. The van der Waals surface area contributed by atoms with E-state index in [1.54, 1.807) is 12.4 Å². The molecule has 0 atom stereocenters. The van der Waals surface area contributed by atoms with Gasteiger partial charge in [0.25, 0.3) is 0 Å². The molecule has 4 aromatic rings. The van der Waals surface area contributed by atoms with Crippen LogP contribution in [0.15, 0.2) is 48.8 Å². The molecule has 0 bridgehead atoms. The van der Waals surface area contributed by atoms with Crippen LogP contribution in [0.5, 0.6) is 5.75 Å². The van der Waals surface area contributed by atoms with Crippen molar-refractivity contribution in [3.63, 3.8) is 0 Å². The summed E-state index contributed by atoms with van der Waals surface area (Å²) < 4.78 is 0. The van der Waals surface area contributed by atoms with E-state index >= 15 is 0 Å². The van der Waals surface area contributed by atoms with Crippen LogP contribution in [0.1, 0.15) is 36.7 Å². The smallest absolute Gasteiger partial charge is 0.335 e. The number of aromatic carboxylic acids is 1. The Balaban J connectivity index is 0.000000391. The molecule has 0 saturated carbocycles. The summed E-state index contributed by atoms with van der Waals surface area (Å²) in [4.78, 5) is 12.7. The van der Waals surface area contributed by atoms with Gasteiger partial charge in [0.15, 0.2) is 0 Å². The molecule has 3 N–H and O–H groups in total. The second-order valence-electron chi connectivity index (χ2n) is 7.08. The Morgan fingerprint density at radius 1 is 1.04 bits per heavy atom. The molecule has 9 heteroatoms. The van der Waals surface area contributed by atoms with Gasteiger partial charge in [-0.25, -0.2) is 4.79 Å². The van der Waals surface area contributed by atoms with Gasteiger partial charge < -0.3 is 10.2 Å². The molecule has 2 aromatic heterocycles. The highest BCUT2D eigenvalue weighted by Crippen LogP contribution is 2.36. The van der Waals surface area contributed by atoms with E-state index in [0.29, 0.717) is 16.6 Å². The third-order valence-corrected chi connectivity index (χ3v) is 3.98. The highest BCUT2D eigenvalue weighted by atomic mass is 16.4. The Kier molecular flexibility index (Phi) is 5.08. The Labute approximate surface area is 160 Å². The van der Waals surface area contributed by atoms with Crippen molar-refractivity contribution in [2.24, 2.45) is 0 Å². The number of benzene rings is 2. The van der Waals surface area contributed by atoms with Crippen molar-refractivity contribution in [2.75, 3.05) is 0 Å². The molecule has 0 aliphatic carbocycles. The number of phenols is 1. The third-order valence-electron chi connectivity index (χ3n) is 3.98. The van der Waals surface area contributed by atoms with Crippen molar-refractivity contribution < 1.29 is 15.0 Å². The normalized spacial score (nSPS) is 11.1. The largest absolute Gasteiger partial charge is 0.505 e. The molecule has 0 aliphatic heterocycles. The molecular weight excluding hydrogens is 360 g/mol. The van der Waals surface area contributed by atoms with E-state index in [1.165, 1.54) is 16.9 Å². The number of aromatic nitrogens is 6. The van der Waals surface area contributed by atoms with Gasteiger partial charge >= 0.3 is 5.97 Å². The van der Waals surface area contributed by atoms with Crippen molar-refractivity contribution in [3.05, 3.63) is 59.9 Å². The topological polar surface area (TPSA) is 130 Å². The number of fused-ring (bicyclic) bond motifs is 1. The van der Waals surface area contributed by atoms with Crippen LogP contribution in [0, 0.1) is 0 Å². The predicted molar refractivity (Wildman–Crippen MR) is 103 cm³/mol. The van der Waals surface area contributed by atoms with E-state index in [4.69, 9.17) is 0 Å². The van der Waals surface area contributed by atoms with Gasteiger partial charge in [0.1, 0.15) is 22.5 Å². The third kappa shape index (κ3) is 3.98. The molecule has 2 heterocycles. The van der Waals surface area contributed by atoms with Gasteiger partial charge in [0.2, 0.25) is 0 Å². The number of carboxylic acids is 1. The first-order valence-electron chi connectivity index (χ1n) is 8.50. The molecule has 0 radical (unpaired) electrons. The highest BCUT2D eigenvalue weighted by Gasteiger charge is 2.24. The molecule has 28 heavy (non-hydrogen) atoms. The first kappa shape index (κ1) is 19.0. The summed E-state index contributed by atoms with van der Waals surface area (Å²) in [5.41, 5.74) is 1.80. The first-order valence-corrected chi connectivity index (χ1v) is 8.50. The standard InChI is InChI=1S/C17H17N3O3.C2H3N3/c1-17(2,3)11-8-10(16(22)23)9-14(15(11)21)20-18-12-6-4-5-7-13(12)19-20;1-2-4-5-3-1/h4-9,21H,1-3H3,(H,22,23);1-2H,(H,3,4,5). The van der Waals surface area contributed by atoms with Gasteiger partial charge in [-0.1, -0.05) is 32.9 Å². The van der Waals surface area contributed by atoms with Crippen LogP contribution in [0.3, 0.4) is 0 Å². The van der Waals surface area contributed by atoms with Crippen LogP contribution in [0.4, 0.5) is 0 Å². The second-order valence-corrected chi connectivity index (χ2v) is 7.08. The number of aromatic amines is 1. The lowest BCUT2D eigenvalue weighted by molar-refractivity contribution is 0.0696. The number of carbonyl (C=O) groups is 1. The molecule has 0 unspecified atom stereocenters. The molecule has 0 fully saturated rings. The maximum atomic E-state index is 11.4. The molecule has 9 nitrogen and oxygen atoms in total. The van der Waals surface area contributed by atoms with Crippen LogP contribution in [-0.4, -0.2) is 46.6 Å². The van der Waals surface area contributed by atoms with E-state index in [2.05, 4.69) is 25.6 Å². The van der Waals surface area contributed by atoms with Crippen LogP contribution >= 0.6 is 0 Å². The molecule has 0 aliphatic rings. The van der Waals surface area contributed by atoms with Gasteiger partial charge in [-0.2, -0.15) is 15.4 Å². The zero-order valence-corrected chi connectivity index (χ0v) is 15.7. The van der Waals surface area contributed by atoms with Crippen LogP contribution in [0.2, 0.25) is 0 Å². The molecule has 0 amide bonds. The lowest BCUT2D eigenvalue weighted by atomic mass is 9.85. The van der Waals surface area contributed by atoms with Gasteiger partial charge in [-0.05, 0) is 29.7 Å². The van der Waals surface area contributed by atoms with Crippen molar-refractivity contribution in [1.82, 2.24) is 30.4 Å². The second kappa shape index (κ2) is 7.47.